The van der Waals surface area contributed by atoms with Crippen LogP contribution in [0.1, 0.15) is 68.7 Å². The molecule has 0 saturated heterocycles. The molecule has 0 bridgehead atoms. The van der Waals surface area contributed by atoms with Crippen molar-refractivity contribution in [2.45, 2.75) is 66.8 Å². The SMILES string of the molecule is CC.CC.Cc1ccc(C(=O)NC2CCC2)nc1C. The van der Waals surface area contributed by atoms with Gasteiger partial charge in [-0.1, -0.05) is 33.8 Å². The van der Waals surface area contributed by atoms with Crippen molar-refractivity contribution in [2.75, 3.05) is 0 Å². The summed E-state index contributed by atoms with van der Waals surface area (Å²) < 4.78 is 0. The molecule has 0 atom stereocenters. The fourth-order valence-corrected chi connectivity index (χ4v) is 1.57. The Labute approximate surface area is 117 Å². The van der Waals surface area contributed by atoms with E-state index in [2.05, 4.69) is 10.3 Å². The van der Waals surface area contributed by atoms with Crippen LogP contribution in [0.15, 0.2) is 12.1 Å². The van der Waals surface area contributed by atoms with Gasteiger partial charge < -0.3 is 5.32 Å². The molecule has 1 saturated carbocycles. The maximum atomic E-state index is 11.7. The Hall–Kier alpha value is -1.38. The number of rotatable bonds is 2. The number of nitrogens with one attached hydrogen (secondary N) is 1. The van der Waals surface area contributed by atoms with Crippen molar-refractivity contribution in [1.29, 1.82) is 0 Å². The molecule has 0 aliphatic heterocycles. The number of aryl methyl sites for hydroxylation is 2. The minimum atomic E-state index is -0.0391. The van der Waals surface area contributed by atoms with E-state index in [-0.39, 0.29) is 5.91 Å². The van der Waals surface area contributed by atoms with E-state index < -0.39 is 0 Å². The van der Waals surface area contributed by atoms with Crippen LogP contribution in [-0.4, -0.2) is 16.9 Å². The molecule has 108 valence electrons. The van der Waals surface area contributed by atoms with Gasteiger partial charge in [0.2, 0.25) is 0 Å². The highest BCUT2D eigenvalue weighted by molar-refractivity contribution is 5.92. The quantitative estimate of drug-likeness (QED) is 0.876. The summed E-state index contributed by atoms with van der Waals surface area (Å²) in [5, 5.41) is 2.98. The van der Waals surface area contributed by atoms with E-state index >= 15 is 0 Å². The van der Waals surface area contributed by atoms with Crippen LogP contribution in [0.5, 0.6) is 0 Å². The first-order chi connectivity index (χ1) is 9.16. The standard InChI is InChI=1S/C12H16N2O.2C2H6/c1-8-6-7-11(13-9(8)2)12(15)14-10-4-3-5-10;2*1-2/h6-7,10H,3-5H2,1-2H3,(H,14,15);2*1-2H3. The molecule has 2 rings (SSSR count). The van der Waals surface area contributed by atoms with Crippen molar-refractivity contribution < 1.29 is 4.79 Å². The lowest BCUT2D eigenvalue weighted by atomic mass is 9.93. The number of hydrogen-bond donors (Lipinski definition) is 1. The molecule has 3 heteroatoms. The van der Waals surface area contributed by atoms with Gasteiger partial charge in [-0.15, -0.1) is 0 Å². The Morgan fingerprint density at radius 1 is 1.16 bits per heavy atom. The first kappa shape index (κ1) is 17.6. The highest BCUT2D eigenvalue weighted by Gasteiger charge is 2.20. The van der Waals surface area contributed by atoms with Crippen LogP contribution in [0.3, 0.4) is 0 Å². The van der Waals surface area contributed by atoms with Gasteiger partial charge in [-0.05, 0) is 44.7 Å². The molecule has 0 spiro atoms. The monoisotopic (exact) mass is 264 g/mol. The minimum Gasteiger partial charge on any atom is -0.348 e. The lowest BCUT2D eigenvalue weighted by molar-refractivity contribution is 0.0911. The molecule has 0 aromatic carbocycles. The van der Waals surface area contributed by atoms with Gasteiger partial charge in [-0.2, -0.15) is 0 Å². The van der Waals surface area contributed by atoms with E-state index in [1.165, 1.54) is 6.42 Å². The number of pyridine rings is 1. The van der Waals surface area contributed by atoms with Gasteiger partial charge in [0, 0.05) is 11.7 Å². The van der Waals surface area contributed by atoms with Crippen LogP contribution in [0.25, 0.3) is 0 Å². The second-order valence-electron chi connectivity index (χ2n) is 4.20. The average molecular weight is 264 g/mol. The summed E-state index contributed by atoms with van der Waals surface area (Å²) in [6.07, 6.45) is 3.44. The van der Waals surface area contributed by atoms with Crippen molar-refractivity contribution in [3.8, 4) is 0 Å². The Balaban J connectivity index is 0.000000741. The second-order valence-corrected chi connectivity index (χ2v) is 4.20. The van der Waals surface area contributed by atoms with E-state index in [0.29, 0.717) is 11.7 Å². The highest BCUT2D eigenvalue weighted by Crippen LogP contribution is 2.18. The zero-order valence-electron chi connectivity index (χ0n) is 13.2. The van der Waals surface area contributed by atoms with E-state index in [1.54, 1.807) is 6.07 Å². The zero-order chi connectivity index (χ0) is 14.8. The van der Waals surface area contributed by atoms with Gasteiger partial charge in [0.05, 0.1) is 0 Å². The molecule has 1 amide bonds. The van der Waals surface area contributed by atoms with Gasteiger partial charge >= 0.3 is 0 Å². The molecule has 1 fully saturated rings. The third kappa shape index (κ3) is 5.41. The highest BCUT2D eigenvalue weighted by atomic mass is 16.1. The molecular formula is C16H28N2O. The zero-order valence-corrected chi connectivity index (χ0v) is 13.2. The fraction of sp³-hybridized carbons (Fsp3) is 0.625. The summed E-state index contributed by atoms with van der Waals surface area (Å²) in [6.45, 7) is 11.9. The number of aromatic nitrogens is 1. The third-order valence-corrected chi connectivity index (χ3v) is 3.02. The van der Waals surface area contributed by atoms with Crippen LogP contribution in [-0.2, 0) is 0 Å². The van der Waals surface area contributed by atoms with E-state index in [4.69, 9.17) is 0 Å². The summed E-state index contributed by atoms with van der Waals surface area (Å²) in [6, 6.07) is 4.11. The van der Waals surface area contributed by atoms with Crippen molar-refractivity contribution in [3.05, 3.63) is 29.1 Å². The summed E-state index contributed by atoms with van der Waals surface area (Å²) in [5.74, 6) is -0.0391. The number of nitrogens with zero attached hydrogens (tertiary/aromatic N) is 1. The number of hydrogen-bond acceptors (Lipinski definition) is 2. The maximum absolute atomic E-state index is 11.7. The largest absolute Gasteiger partial charge is 0.348 e. The van der Waals surface area contributed by atoms with E-state index in [9.17, 15) is 4.79 Å². The molecule has 1 aliphatic rings. The van der Waals surface area contributed by atoms with Gasteiger partial charge in [0.25, 0.3) is 5.91 Å². The maximum Gasteiger partial charge on any atom is 0.270 e. The van der Waals surface area contributed by atoms with Crippen molar-refractivity contribution in [2.24, 2.45) is 0 Å². The van der Waals surface area contributed by atoms with Gasteiger partial charge in [0.1, 0.15) is 5.69 Å². The van der Waals surface area contributed by atoms with Gasteiger partial charge in [-0.25, -0.2) is 4.98 Å². The Morgan fingerprint density at radius 2 is 1.74 bits per heavy atom. The Kier molecular flexibility index (Phi) is 8.84. The first-order valence-corrected chi connectivity index (χ1v) is 7.42. The smallest absolute Gasteiger partial charge is 0.270 e. The number of carbonyl (C=O) groups excluding carboxylic acids is 1. The summed E-state index contributed by atoms with van der Waals surface area (Å²) >= 11 is 0. The molecule has 1 aromatic heterocycles. The topological polar surface area (TPSA) is 42.0 Å². The lowest BCUT2D eigenvalue weighted by Gasteiger charge is -2.26. The predicted molar refractivity (Wildman–Crippen MR) is 81.5 cm³/mol. The molecule has 1 N–H and O–H groups in total. The van der Waals surface area contributed by atoms with E-state index in [0.717, 1.165) is 24.1 Å². The molecule has 3 nitrogen and oxygen atoms in total. The summed E-state index contributed by atoms with van der Waals surface area (Å²) in [5.41, 5.74) is 2.58. The molecule has 19 heavy (non-hydrogen) atoms. The van der Waals surface area contributed by atoms with Crippen LogP contribution in [0.4, 0.5) is 0 Å². The number of amides is 1. The van der Waals surface area contributed by atoms with Crippen molar-refractivity contribution in [3.63, 3.8) is 0 Å². The third-order valence-electron chi connectivity index (χ3n) is 3.02. The van der Waals surface area contributed by atoms with Crippen LogP contribution >= 0.6 is 0 Å². The summed E-state index contributed by atoms with van der Waals surface area (Å²) in [4.78, 5) is 16.0. The average Bonchev–Trinajstić information content (AvgIpc) is 2.41. The lowest BCUT2D eigenvalue weighted by Crippen LogP contribution is -2.39. The van der Waals surface area contributed by atoms with Crippen LogP contribution in [0.2, 0.25) is 0 Å². The molecule has 1 aromatic rings. The minimum absolute atomic E-state index is 0.0391. The fourth-order valence-electron chi connectivity index (χ4n) is 1.57. The second kappa shape index (κ2) is 9.54. The van der Waals surface area contributed by atoms with Crippen LogP contribution < -0.4 is 5.32 Å². The molecule has 0 radical (unpaired) electrons. The Bertz CT molecular complexity index is 384. The normalized spacial score (nSPS) is 13.2. The van der Waals surface area contributed by atoms with Crippen LogP contribution in [0, 0.1) is 13.8 Å². The molecule has 1 aliphatic carbocycles. The predicted octanol–water partition coefficient (Wildman–Crippen LogP) is 4.03. The molecule has 0 unspecified atom stereocenters. The van der Waals surface area contributed by atoms with E-state index in [1.807, 2.05) is 47.6 Å². The van der Waals surface area contributed by atoms with Crippen molar-refractivity contribution in [1.82, 2.24) is 10.3 Å². The molecule has 1 heterocycles. The first-order valence-electron chi connectivity index (χ1n) is 7.42. The summed E-state index contributed by atoms with van der Waals surface area (Å²) in [7, 11) is 0. The van der Waals surface area contributed by atoms with Gasteiger partial charge in [-0.3, -0.25) is 4.79 Å². The number of carbonyl (C=O) groups is 1. The Morgan fingerprint density at radius 3 is 2.16 bits per heavy atom. The van der Waals surface area contributed by atoms with Crippen molar-refractivity contribution >= 4 is 5.91 Å². The molecular weight excluding hydrogens is 236 g/mol. The van der Waals surface area contributed by atoms with Gasteiger partial charge in [0.15, 0.2) is 0 Å².